The molecule has 3 amide bonds. The molecule has 5 rings (SSSR count). The summed E-state index contributed by atoms with van der Waals surface area (Å²) in [7, 11) is 0. The van der Waals surface area contributed by atoms with Gasteiger partial charge < -0.3 is 10.1 Å². The predicted molar refractivity (Wildman–Crippen MR) is 137 cm³/mol. The molecule has 186 valence electrons. The zero-order valence-electron chi connectivity index (χ0n) is 19.8. The average Bonchev–Trinajstić information content (AvgIpc) is 3.40. The number of benzene rings is 2. The highest BCUT2D eigenvalue weighted by Crippen LogP contribution is 2.32. The summed E-state index contributed by atoms with van der Waals surface area (Å²) in [6, 6.07) is 16.4. The molecule has 3 aromatic rings. The molecule has 0 spiro atoms. The van der Waals surface area contributed by atoms with Gasteiger partial charge in [0, 0.05) is 30.6 Å². The van der Waals surface area contributed by atoms with Gasteiger partial charge in [0.25, 0.3) is 5.91 Å². The molecule has 1 atom stereocenters. The third-order valence-corrected chi connectivity index (χ3v) is 7.17. The largest absolute Gasteiger partial charge is 0.445 e. The van der Waals surface area contributed by atoms with Gasteiger partial charge in [-0.3, -0.25) is 19.4 Å². The molecule has 36 heavy (non-hydrogen) atoms. The number of carbonyl (C=O) groups excluding carboxylic acids is 3. The molecule has 1 saturated heterocycles. The van der Waals surface area contributed by atoms with Gasteiger partial charge >= 0.3 is 6.09 Å². The molecule has 0 radical (unpaired) electrons. The molecule has 2 aromatic carbocycles. The number of nitrogens with one attached hydrogen (secondary N) is 1. The van der Waals surface area contributed by atoms with Crippen molar-refractivity contribution >= 4 is 40.1 Å². The van der Waals surface area contributed by atoms with Crippen LogP contribution < -0.4 is 10.2 Å². The van der Waals surface area contributed by atoms with Crippen LogP contribution in [0.25, 0.3) is 0 Å². The van der Waals surface area contributed by atoms with Gasteiger partial charge in [-0.15, -0.1) is 11.3 Å². The minimum atomic E-state index is -0.630. The van der Waals surface area contributed by atoms with E-state index >= 15 is 0 Å². The van der Waals surface area contributed by atoms with Crippen LogP contribution in [0.2, 0.25) is 0 Å². The third kappa shape index (κ3) is 5.57. The number of thiazole rings is 1. The predicted octanol–water partition coefficient (Wildman–Crippen LogP) is 4.64. The summed E-state index contributed by atoms with van der Waals surface area (Å²) in [6.07, 6.45) is 4.38. The second-order valence-electron chi connectivity index (χ2n) is 9.04. The van der Waals surface area contributed by atoms with Crippen molar-refractivity contribution in [3.63, 3.8) is 0 Å². The minimum Gasteiger partial charge on any atom is -0.445 e. The van der Waals surface area contributed by atoms with Gasteiger partial charge in [-0.05, 0) is 48.9 Å². The Morgan fingerprint density at radius 3 is 2.50 bits per heavy atom. The molecule has 1 saturated carbocycles. The van der Waals surface area contributed by atoms with Gasteiger partial charge in [-0.25, -0.2) is 9.78 Å². The number of nitrogens with zero attached hydrogens (tertiary/aromatic N) is 3. The van der Waals surface area contributed by atoms with Gasteiger partial charge in [-0.2, -0.15) is 0 Å². The SMILES string of the molecule is O=C(NCc1ccc(N(C(=O)C2CCCN2C(=O)OCc2ccccc2)c2nccs2)cc1)C1CC1. The van der Waals surface area contributed by atoms with Crippen molar-refractivity contribution in [2.75, 3.05) is 11.4 Å². The van der Waals surface area contributed by atoms with E-state index in [1.165, 1.54) is 16.2 Å². The van der Waals surface area contributed by atoms with E-state index < -0.39 is 12.1 Å². The lowest BCUT2D eigenvalue weighted by atomic mass is 10.1. The average molecular weight is 505 g/mol. The first kappa shape index (κ1) is 24.0. The van der Waals surface area contributed by atoms with Crippen LogP contribution in [0.3, 0.4) is 0 Å². The molecular formula is C27H28N4O4S. The smallest absolute Gasteiger partial charge is 0.410 e. The zero-order valence-corrected chi connectivity index (χ0v) is 20.7. The highest BCUT2D eigenvalue weighted by Gasteiger charge is 2.39. The molecule has 2 heterocycles. The van der Waals surface area contributed by atoms with Gasteiger partial charge in [0.2, 0.25) is 5.91 Å². The maximum atomic E-state index is 13.8. The van der Waals surface area contributed by atoms with Crippen LogP contribution in [0, 0.1) is 5.92 Å². The number of hydrogen-bond donors (Lipinski definition) is 1. The molecule has 1 aromatic heterocycles. The molecule has 8 nitrogen and oxygen atoms in total. The molecular weight excluding hydrogens is 476 g/mol. The zero-order chi connectivity index (χ0) is 24.9. The van der Waals surface area contributed by atoms with Gasteiger partial charge in [-0.1, -0.05) is 42.5 Å². The summed E-state index contributed by atoms with van der Waals surface area (Å²) >= 11 is 1.36. The van der Waals surface area contributed by atoms with Gasteiger partial charge in [0.1, 0.15) is 12.6 Å². The molecule has 9 heteroatoms. The molecule has 1 aliphatic heterocycles. The van der Waals surface area contributed by atoms with E-state index in [2.05, 4.69) is 10.3 Å². The molecule has 2 fully saturated rings. The summed E-state index contributed by atoms with van der Waals surface area (Å²) in [5, 5.41) is 5.32. The fourth-order valence-electron chi connectivity index (χ4n) is 4.29. The van der Waals surface area contributed by atoms with Crippen molar-refractivity contribution in [2.24, 2.45) is 5.92 Å². The third-order valence-electron chi connectivity index (χ3n) is 6.42. The van der Waals surface area contributed by atoms with Crippen LogP contribution >= 0.6 is 11.3 Å². The van der Waals surface area contributed by atoms with E-state index in [4.69, 9.17) is 4.74 Å². The van der Waals surface area contributed by atoms with Crippen LogP contribution in [0.4, 0.5) is 15.6 Å². The van der Waals surface area contributed by atoms with Gasteiger partial charge in [0.05, 0.1) is 5.69 Å². The first-order valence-corrected chi connectivity index (χ1v) is 13.1. The fourth-order valence-corrected chi connectivity index (χ4v) is 4.96. The Labute approximate surface area is 213 Å². The Balaban J connectivity index is 1.29. The monoisotopic (exact) mass is 504 g/mol. The van der Waals surface area contributed by atoms with E-state index in [0.29, 0.717) is 30.3 Å². The van der Waals surface area contributed by atoms with Gasteiger partial charge in [0.15, 0.2) is 5.13 Å². The maximum Gasteiger partial charge on any atom is 0.410 e. The Morgan fingerprint density at radius 2 is 1.81 bits per heavy atom. The first-order chi connectivity index (χ1) is 17.6. The number of hydrogen-bond acceptors (Lipinski definition) is 6. The van der Waals surface area contributed by atoms with Crippen molar-refractivity contribution in [2.45, 2.75) is 44.9 Å². The molecule has 1 aliphatic carbocycles. The summed E-state index contributed by atoms with van der Waals surface area (Å²) in [4.78, 5) is 46.1. The Hall–Kier alpha value is -3.72. The van der Waals surface area contributed by atoms with Crippen LogP contribution in [-0.4, -0.2) is 40.4 Å². The number of likely N-dealkylation sites (tertiary alicyclic amines) is 1. The first-order valence-electron chi connectivity index (χ1n) is 12.2. The summed E-state index contributed by atoms with van der Waals surface area (Å²) in [6.45, 7) is 1.08. The van der Waals surface area contributed by atoms with Crippen molar-refractivity contribution in [1.29, 1.82) is 0 Å². The van der Waals surface area contributed by atoms with E-state index in [-0.39, 0.29) is 24.3 Å². The topological polar surface area (TPSA) is 91.8 Å². The van der Waals surface area contributed by atoms with Crippen molar-refractivity contribution < 1.29 is 19.1 Å². The number of carbonyl (C=O) groups is 3. The molecule has 2 aliphatic rings. The van der Waals surface area contributed by atoms with E-state index in [9.17, 15) is 14.4 Å². The molecule has 0 bridgehead atoms. The van der Waals surface area contributed by atoms with Crippen LogP contribution in [-0.2, 0) is 27.5 Å². The number of rotatable bonds is 8. The number of aromatic nitrogens is 1. The highest BCUT2D eigenvalue weighted by atomic mass is 32.1. The van der Waals surface area contributed by atoms with Crippen LogP contribution in [0.15, 0.2) is 66.2 Å². The second kappa shape index (κ2) is 10.9. The minimum absolute atomic E-state index is 0.0964. The lowest BCUT2D eigenvalue weighted by molar-refractivity contribution is -0.122. The maximum absolute atomic E-state index is 13.8. The Kier molecular flexibility index (Phi) is 7.27. The summed E-state index contributed by atoms with van der Waals surface area (Å²) < 4.78 is 5.52. The van der Waals surface area contributed by atoms with Crippen LogP contribution in [0.1, 0.15) is 36.8 Å². The standard InChI is InChI=1S/C27H28N4O4S/c32-24(21-10-11-21)29-17-19-8-12-22(13-9-19)31(26-28-14-16-36-26)25(33)23-7-4-15-30(23)27(34)35-18-20-5-2-1-3-6-20/h1-3,5-6,8-9,12-14,16,21,23H,4,7,10-11,15,17-18H2,(H,29,32). The Morgan fingerprint density at radius 1 is 1.03 bits per heavy atom. The van der Waals surface area contributed by atoms with Crippen molar-refractivity contribution in [3.8, 4) is 0 Å². The van der Waals surface area contributed by atoms with Crippen LogP contribution in [0.5, 0.6) is 0 Å². The summed E-state index contributed by atoms with van der Waals surface area (Å²) in [5.74, 6) is 0.0454. The van der Waals surface area contributed by atoms with E-state index in [0.717, 1.165) is 30.4 Å². The van der Waals surface area contributed by atoms with Crippen molar-refractivity contribution in [3.05, 3.63) is 77.3 Å². The quantitative estimate of drug-likeness (QED) is 0.483. The lowest BCUT2D eigenvalue weighted by Crippen LogP contribution is -2.46. The normalized spacial score (nSPS) is 17.0. The molecule has 1 unspecified atom stereocenters. The highest BCUT2D eigenvalue weighted by molar-refractivity contribution is 7.13. The summed E-state index contributed by atoms with van der Waals surface area (Å²) in [5.41, 5.74) is 2.51. The Bertz CT molecular complexity index is 1200. The molecule has 1 N–H and O–H groups in total. The second-order valence-corrected chi connectivity index (χ2v) is 9.91. The number of amides is 3. The van der Waals surface area contributed by atoms with E-state index in [1.54, 1.807) is 11.1 Å². The van der Waals surface area contributed by atoms with Crippen molar-refractivity contribution in [1.82, 2.24) is 15.2 Å². The number of anilines is 2. The van der Waals surface area contributed by atoms with E-state index in [1.807, 2.05) is 60.0 Å². The number of ether oxygens (including phenoxy) is 1. The lowest BCUT2D eigenvalue weighted by Gasteiger charge is -2.28. The fraction of sp³-hybridized carbons (Fsp3) is 0.333.